The summed E-state index contributed by atoms with van der Waals surface area (Å²) < 4.78 is 0. The quantitative estimate of drug-likeness (QED) is 0.605. The summed E-state index contributed by atoms with van der Waals surface area (Å²) in [6, 6.07) is 0.648. The highest BCUT2D eigenvalue weighted by Crippen LogP contribution is 2.30. The minimum atomic E-state index is -0.120. The fourth-order valence-electron chi connectivity index (χ4n) is 2.60. The molecular formula is C10H16ClNO. The molecule has 0 radical (unpaired) electrons. The lowest BCUT2D eigenvalue weighted by molar-refractivity contribution is -0.117. The highest BCUT2D eigenvalue weighted by molar-refractivity contribution is 6.63. The SMILES string of the molecule is O=C(Cl)C1CCN2CCCCC2C1. The number of hydrogen-bond donors (Lipinski definition) is 0. The van der Waals surface area contributed by atoms with E-state index in [-0.39, 0.29) is 11.2 Å². The molecule has 0 aromatic heterocycles. The number of rotatable bonds is 1. The molecule has 2 atom stereocenters. The number of halogens is 1. The van der Waals surface area contributed by atoms with Crippen LogP contribution in [0.25, 0.3) is 0 Å². The van der Waals surface area contributed by atoms with E-state index >= 15 is 0 Å². The average molecular weight is 202 g/mol. The Morgan fingerprint density at radius 2 is 2.08 bits per heavy atom. The zero-order valence-electron chi connectivity index (χ0n) is 7.84. The van der Waals surface area contributed by atoms with E-state index in [9.17, 15) is 4.79 Å². The average Bonchev–Trinajstić information content (AvgIpc) is 2.17. The van der Waals surface area contributed by atoms with Gasteiger partial charge in [-0.05, 0) is 50.4 Å². The van der Waals surface area contributed by atoms with Gasteiger partial charge in [0.2, 0.25) is 5.24 Å². The van der Waals surface area contributed by atoms with Crippen LogP contribution in [0.5, 0.6) is 0 Å². The Labute approximate surface area is 84.2 Å². The Bertz CT molecular complexity index is 207. The third-order valence-corrected chi connectivity index (χ3v) is 3.70. The number of carbonyl (C=O) groups is 1. The lowest BCUT2D eigenvalue weighted by Crippen LogP contribution is -2.46. The second-order valence-corrected chi connectivity index (χ2v) is 4.58. The van der Waals surface area contributed by atoms with Crippen LogP contribution in [0.15, 0.2) is 0 Å². The van der Waals surface area contributed by atoms with Crippen LogP contribution in [0.4, 0.5) is 0 Å². The monoisotopic (exact) mass is 201 g/mol. The van der Waals surface area contributed by atoms with Crippen molar-refractivity contribution in [3.8, 4) is 0 Å². The van der Waals surface area contributed by atoms with Crippen molar-refractivity contribution >= 4 is 16.8 Å². The van der Waals surface area contributed by atoms with Crippen molar-refractivity contribution in [1.29, 1.82) is 0 Å². The summed E-state index contributed by atoms with van der Waals surface area (Å²) in [7, 11) is 0. The molecule has 3 heteroatoms. The van der Waals surface area contributed by atoms with Crippen molar-refractivity contribution in [2.75, 3.05) is 13.1 Å². The summed E-state index contributed by atoms with van der Waals surface area (Å²) in [4.78, 5) is 13.5. The van der Waals surface area contributed by atoms with Crippen LogP contribution < -0.4 is 0 Å². The Morgan fingerprint density at radius 3 is 2.85 bits per heavy atom. The van der Waals surface area contributed by atoms with Crippen LogP contribution in [0.2, 0.25) is 0 Å². The lowest BCUT2D eigenvalue weighted by atomic mass is 9.87. The first-order valence-corrected chi connectivity index (χ1v) is 5.58. The molecule has 2 fully saturated rings. The summed E-state index contributed by atoms with van der Waals surface area (Å²) in [6.07, 6.45) is 5.89. The van der Waals surface area contributed by atoms with E-state index in [1.807, 2.05) is 0 Å². The molecule has 13 heavy (non-hydrogen) atoms. The molecule has 0 aromatic rings. The fourth-order valence-corrected chi connectivity index (χ4v) is 2.79. The molecule has 2 unspecified atom stereocenters. The molecule has 0 aliphatic carbocycles. The summed E-state index contributed by atoms with van der Waals surface area (Å²) in [6.45, 7) is 2.31. The summed E-state index contributed by atoms with van der Waals surface area (Å²) in [5, 5.41) is -0.120. The number of nitrogens with zero attached hydrogens (tertiary/aromatic N) is 1. The van der Waals surface area contributed by atoms with Crippen LogP contribution in [-0.4, -0.2) is 29.3 Å². The molecule has 2 aliphatic heterocycles. The second kappa shape index (κ2) is 3.97. The summed E-state index contributed by atoms with van der Waals surface area (Å²) >= 11 is 5.53. The van der Waals surface area contributed by atoms with E-state index in [1.165, 1.54) is 25.8 Å². The van der Waals surface area contributed by atoms with Gasteiger partial charge < -0.3 is 4.90 Å². The minimum Gasteiger partial charge on any atom is -0.300 e. The molecule has 2 nitrogen and oxygen atoms in total. The Hall–Kier alpha value is -0.0800. The maximum Gasteiger partial charge on any atom is 0.224 e. The third kappa shape index (κ3) is 2.05. The van der Waals surface area contributed by atoms with Gasteiger partial charge in [-0.25, -0.2) is 0 Å². The van der Waals surface area contributed by atoms with Gasteiger partial charge in [-0.2, -0.15) is 0 Å². The van der Waals surface area contributed by atoms with Gasteiger partial charge >= 0.3 is 0 Å². The first-order valence-electron chi connectivity index (χ1n) is 5.21. The first kappa shape index (κ1) is 9.47. The van der Waals surface area contributed by atoms with Crippen molar-refractivity contribution in [1.82, 2.24) is 4.90 Å². The normalized spacial score (nSPS) is 35.5. The van der Waals surface area contributed by atoms with E-state index in [0.29, 0.717) is 6.04 Å². The first-order chi connectivity index (χ1) is 6.27. The smallest absolute Gasteiger partial charge is 0.224 e. The van der Waals surface area contributed by atoms with Crippen LogP contribution in [0.3, 0.4) is 0 Å². The molecular weight excluding hydrogens is 186 g/mol. The summed E-state index contributed by atoms with van der Waals surface area (Å²) in [5.74, 6) is 0.140. The van der Waals surface area contributed by atoms with Crippen LogP contribution in [0, 0.1) is 5.92 Å². The van der Waals surface area contributed by atoms with Gasteiger partial charge in [0.15, 0.2) is 0 Å². The molecule has 0 spiro atoms. The van der Waals surface area contributed by atoms with E-state index in [1.54, 1.807) is 0 Å². The van der Waals surface area contributed by atoms with Crippen molar-refractivity contribution in [3.05, 3.63) is 0 Å². The lowest BCUT2D eigenvalue weighted by Gasteiger charge is -2.41. The topological polar surface area (TPSA) is 20.3 Å². The number of piperidine rings is 2. The van der Waals surface area contributed by atoms with Gasteiger partial charge in [0.1, 0.15) is 0 Å². The molecule has 2 saturated heterocycles. The molecule has 0 aromatic carbocycles. The predicted molar refractivity (Wildman–Crippen MR) is 52.8 cm³/mol. The van der Waals surface area contributed by atoms with Crippen molar-refractivity contribution < 1.29 is 4.79 Å². The zero-order chi connectivity index (χ0) is 9.26. The standard InChI is InChI=1S/C10H16ClNO/c11-10(13)8-4-6-12-5-2-1-3-9(12)7-8/h8-9H,1-7H2. The highest BCUT2D eigenvalue weighted by atomic mass is 35.5. The Kier molecular flexibility index (Phi) is 2.89. The van der Waals surface area contributed by atoms with Gasteiger partial charge in [0, 0.05) is 12.0 Å². The molecule has 0 bridgehead atoms. The number of fused-ring (bicyclic) bond motifs is 1. The number of hydrogen-bond acceptors (Lipinski definition) is 2. The van der Waals surface area contributed by atoms with Gasteiger partial charge in [0.05, 0.1) is 0 Å². The van der Waals surface area contributed by atoms with E-state index in [0.717, 1.165) is 19.4 Å². The molecule has 2 rings (SSSR count). The zero-order valence-corrected chi connectivity index (χ0v) is 8.59. The molecule has 0 amide bonds. The van der Waals surface area contributed by atoms with E-state index in [4.69, 9.17) is 11.6 Å². The van der Waals surface area contributed by atoms with Crippen LogP contribution in [0.1, 0.15) is 32.1 Å². The van der Waals surface area contributed by atoms with Gasteiger partial charge in [-0.3, -0.25) is 4.79 Å². The highest BCUT2D eigenvalue weighted by Gasteiger charge is 2.32. The summed E-state index contributed by atoms with van der Waals surface area (Å²) in [5.41, 5.74) is 0. The van der Waals surface area contributed by atoms with Crippen molar-refractivity contribution in [2.24, 2.45) is 5.92 Å². The van der Waals surface area contributed by atoms with Gasteiger partial charge in [-0.1, -0.05) is 6.42 Å². The largest absolute Gasteiger partial charge is 0.300 e. The Balaban J connectivity index is 1.95. The van der Waals surface area contributed by atoms with Crippen LogP contribution >= 0.6 is 11.6 Å². The minimum absolute atomic E-state index is 0.120. The second-order valence-electron chi connectivity index (χ2n) is 4.21. The molecule has 74 valence electrons. The van der Waals surface area contributed by atoms with E-state index in [2.05, 4.69) is 4.90 Å². The molecule has 2 heterocycles. The van der Waals surface area contributed by atoms with Gasteiger partial charge in [0.25, 0.3) is 0 Å². The maximum absolute atomic E-state index is 11.0. The fraction of sp³-hybridized carbons (Fsp3) is 0.900. The molecule has 0 N–H and O–H groups in total. The predicted octanol–water partition coefficient (Wildman–Crippen LogP) is 2.02. The third-order valence-electron chi connectivity index (χ3n) is 3.39. The van der Waals surface area contributed by atoms with Crippen molar-refractivity contribution in [2.45, 2.75) is 38.1 Å². The maximum atomic E-state index is 11.0. The van der Waals surface area contributed by atoms with Crippen molar-refractivity contribution in [3.63, 3.8) is 0 Å². The number of carbonyl (C=O) groups excluding carboxylic acids is 1. The Morgan fingerprint density at radius 1 is 1.23 bits per heavy atom. The molecule has 0 saturated carbocycles. The molecule has 2 aliphatic rings. The van der Waals surface area contributed by atoms with E-state index < -0.39 is 0 Å². The van der Waals surface area contributed by atoms with Gasteiger partial charge in [-0.15, -0.1) is 0 Å². The van der Waals surface area contributed by atoms with Crippen LogP contribution in [-0.2, 0) is 4.79 Å².